The van der Waals surface area contributed by atoms with E-state index in [0.717, 1.165) is 18.7 Å². The highest BCUT2D eigenvalue weighted by molar-refractivity contribution is 5.93. The number of hydrogen-bond donors (Lipinski definition) is 4. The van der Waals surface area contributed by atoms with Crippen LogP contribution in [0, 0.1) is 0 Å². The average Bonchev–Trinajstić information content (AvgIpc) is 3.36. The third-order valence-corrected chi connectivity index (χ3v) is 5.04. The number of amides is 3. The van der Waals surface area contributed by atoms with Gasteiger partial charge in [-0.3, -0.25) is 14.5 Å². The molecule has 4 N–H and O–H groups in total. The average molecular weight is 392 g/mol. The van der Waals surface area contributed by atoms with E-state index in [0.29, 0.717) is 25.2 Å². The van der Waals surface area contributed by atoms with Gasteiger partial charge in [-0.15, -0.1) is 0 Å². The van der Waals surface area contributed by atoms with Gasteiger partial charge in [-0.1, -0.05) is 12.1 Å². The summed E-state index contributed by atoms with van der Waals surface area (Å²) in [7, 11) is 1.59. The Labute approximate surface area is 164 Å². The van der Waals surface area contributed by atoms with Gasteiger partial charge in [0.05, 0.1) is 12.1 Å². The van der Waals surface area contributed by atoms with Crippen LogP contribution in [-0.4, -0.2) is 83.8 Å². The minimum Gasteiger partial charge on any atom is -0.483 e. The molecule has 3 rings (SSSR count). The van der Waals surface area contributed by atoms with Crippen LogP contribution in [0.15, 0.2) is 24.3 Å². The number of aliphatic hydroxyl groups excluding tert-OH is 1. The lowest BCUT2D eigenvalue weighted by molar-refractivity contribution is -0.122. The standard InChI is InChI=1S/C18H26N4O3.CH2O2/c1-19-17(24)14-6-4-13(5-7-14)10-20-18(25)22-11-15(16(23)12-22)21-8-2-3-9-21;2-1-3/h4-7,15-16,23H,2-3,8-12H2,1H3,(H,19,24)(H,20,25);1H,(H,2,3)/t15-,16-;/m0./s1. The zero-order valence-corrected chi connectivity index (χ0v) is 16.0. The number of carbonyl (C=O) groups excluding carboxylic acids is 2. The Morgan fingerprint density at radius 1 is 1.18 bits per heavy atom. The molecule has 28 heavy (non-hydrogen) atoms. The maximum absolute atomic E-state index is 12.4. The maximum Gasteiger partial charge on any atom is 0.317 e. The van der Waals surface area contributed by atoms with Crippen LogP contribution in [0.2, 0.25) is 0 Å². The van der Waals surface area contributed by atoms with Gasteiger partial charge < -0.3 is 25.7 Å². The first kappa shape index (κ1) is 21.6. The van der Waals surface area contributed by atoms with E-state index in [9.17, 15) is 14.7 Å². The van der Waals surface area contributed by atoms with Crippen molar-refractivity contribution in [3.8, 4) is 0 Å². The number of β-amino-alcohol motifs (C(OH)–C–C–N with tert-alkyl or cyclic N) is 1. The lowest BCUT2D eigenvalue weighted by Crippen LogP contribution is -2.42. The molecule has 0 spiro atoms. The molecule has 2 aliphatic heterocycles. The number of likely N-dealkylation sites (tertiary alicyclic amines) is 2. The van der Waals surface area contributed by atoms with Crippen molar-refractivity contribution in [1.82, 2.24) is 20.4 Å². The first-order chi connectivity index (χ1) is 13.5. The Bertz CT molecular complexity index is 661. The Morgan fingerprint density at radius 3 is 2.36 bits per heavy atom. The quantitative estimate of drug-likeness (QED) is 0.539. The van der Waals surface area contributed by atoms with Gasteiger partial charge >= 0.3 is 6.03 Å². The third-order valence-electron chi connectivity index (χ3n) is 5.04. The van der Waals surface area contributed by atoms with Crippen molar-refractivity contribution in [3.63, 3.8) is 0 Å². The van der Waals surface area contributed by atoms with Gasteiger partial charge in [-0.2, -0.15) is 0 Å². The van der Waals surface area contributed by atoms with E-state index in [2.05, 4.69) is 15.5 Å². The van der Waals surface area contributed by atoms with Gasteiger partial charge in [0.1, 0.15) is 0 Å². The number of urea groups is 1. The molecular weight excluding hydrogens is 364 g/mol. The van der Waals surface area contributed by atoms with E-state index < -0.39 is 6.10 Å². The second kappa shape index (κ2) is 10.6. The fraction of sp³-hybridized carbons (Fsp3) is 0.526. The molecule has 9 heteroatoms. The number of carbonyl (C=O) groups is 3. The van der Waals surface area contributed by atoms with Crippen molar-refractivity contribution in [3.05, 3.63) is 35.4 Å². The van der Waals surface area contributed by atoms with Crippen molar-refractivity contribution < 1.29 is 24.6 Å². The summed E-state index contributed by atoms with van der Waals surface area (Å²) in [6.45, 7) is 3.11. The summed E-state index contributed by atoms with van der Waals surface area (Å²) in [5.74, 6) is -0.130. The molecule has 0 saturated carbocycles. The van der Waals surface area contributed by atoms with Crippen molar-refractivity contribution in [1.29, 1.82) is 0 Å². The molecule has 154 valence electrons. The molecule has 0 aliphatic carbocycles. The van der Waals surface area contributed by atoms with Gasteiger partial charge in [-0.25, -0.2) is 4.79 Å². The van der Waals surface area contributed by atoms with Crippen LogP contribution in [-0.2, 0) is 11.3 Å². The summed E-state index contributed by atoms with van der Waals surface area (Å²) in [6.07, 6.45) is 1.86. The summed E-state index contributed by atoms with van der Waals surface area (Å²) in [5, 5.41) is 22.6. The number of aliphatic hydroxyl groups is 1. The first-order valence-corrected chi connectivity index (χ1v) is 9.34. The van der Waals surface area contributed by atoms with Gasteiger partial charge in [0.25, 0.3) is 12.4 Å². The summed E-state index contributed by atoms with van der Waals surface area (Å²) in [5.41, 5.74) is 1.52. The summed E-state index contributed by atoms with van der Waals surface area (Å²) >= 11 is 0. The molecule has 0 unspecified atom stereocenters. The van der Waals surface area contributed by atoms with Crippen molar-refractivity contribution in [2.75, 3.05) is 33.2 Å². The number of nitrogens with zero attached hydrogens (tertiary/aromatic N) is 2. The van der Waals surface area contributed by atoms with E-state index in [1.807, 2.05) is 12.1 Å². The number of carboxylic acid groups (broad SMARTS) is 1. The van der Waals surface area contributed by atoms with Crippen LogP contribution >= 0.6 is 0 Å². The van der Waals surface area contributed by atoms with Crippen LogP contribution < -0.4 is 10.6 Å². The zero-order chi connectivity index (χ0) is 20.5. The van der Waals surface area contributed by atoms with E-state index in [-0.39, 0.29) is 24.5 Å². The highest BCUT2D eigenvalue weighted by Gasteiger charge is 2.38. The lowest BCUT2D eigenvalue weighted by Gasteiger charge is -2.25. The van der Waals surface area contributed by atoms with E-state index in [4.69, 9.17) is 9.90 Å². The van der Waals surface area contributed by atoms with Crippen LogP contribution in [0.5, 0.6) is 0 Å². The molecule has 1 aromatic carbocycles. The molecule has 2 atom stereocenters. The van der Waals surface area contributed by atoms with Gasteiger partial charge in [-0.05, 0) is 43.6 Å². The van der Waals surface area contributed by atoms with E-state index >= 15 is 0 Å². The molecule has 1 aromatic rings. The number of nitrogens with one attached hydrogen (secondary N) is 2. The van der Waals surface area contributed by atoms with Crippen molar-refractivity contribution in [2.24, 2.45) is 0 Å². The number of hydrogen-bond acceptors (Lipinski definition) is 5. The Kier molecular flexibility index (Phi) is 8.21. The molecule has 0 aromatic heterocycles. The predicted octanol–water partition coefficient (Wildman–Crippen LogP) is 0.0975. The monoisotopic (exact) mass is 392 g/mol. The van der Waals surface area contributed by atoms with Crippen molar-refractivity contribution in [2.45, 2.75) is 31.5 Å². The SMILES string of the molecule is CNC(=O)c1ccc(CNC(=O)N2C[C@H](O)[C@@H](N3CCCC3)C2)cc1.O=CO. The Balaban J connectivity index is 0.000000878. The number of rotatable bonds is 4. The van der Waals surface area contributed by atoms with Gasteiger partial charge in [0.15, 0.2) is 0 Å². The van der Waals surface area contributed by atoms with Crippen LogP contribution in [0.1, 0.15) is 28.8 Å². The van der Waals surface area contributed by atoms with Crippen LogP contribution in [0.25, 0.3) is 0 Å². The summed E-state index contributed by atoms with van der Waals surface area (Å²) in [6, 6.07) is 7.04. The topological polar surface area (TPSA) is 122 Å². The summed E-state index contributed by atoms with van der Waals surface area (Å²) in [4.78, 5) is 36.2. The summed E-state index contributed by atoms with van der Waals surface area (Å²) < 4.78 is 0. The van der Waals surface area contributed by atoms with Gasteiger partial charge in [0.2, 0.25) is 0 Å². The molecular formula is C19H28N4O5. The highest BCUT2D eigenvalue weighted by Crippen LogP contribution is 2.21. The molecule has 2 aliphatic rings. The van der Waals surface area contributed by atoms with E-state index in [1.54, 1.807) is 24.1 Å². The van der Waals surface area contributed by atoms with E-state index in [1.165, 1.54) is 12.8 Å². The Hall–Kier alpha value is -2.65. The van der Waals surface area contributed by atoms with Crippen molar-refractivity contribution >= 4 is 18.4 Å². The third kappa shape index (κ3) is 5.67. The molecule has 0 radical (unpaired) electrons. The highest BCUT2D eigenvalue weighted by atomic mass is 16.3. The fourth-order valence-corrected chi connectivity index (χ4v) is 3.58. The second-order valence-corrected chi connectivity index (χ2v) is 6.82. The predicted molar refractivity (Wildman–Crippen MR) is 103 cm³/mol. The molecule has 0 bridgehead atoms. The molecule has 3 amide bonds. The smallest absolute Gasteiger partial charge is 0.317 e. The molecule has 2 saturated heterocycles. The molecule has 2 fully saturated rings. The van der Waals surface area contributed by atoms with Crippen LogP contribution in [0.4, 0.5) is 4.79 Å². The largest absolute Gasteiger partial charge is 0.483 e. The minimum absolute atomic E-state index is 0.0556. The van der Waals surface area contributed by atoms with Gasteiger partial charge in [0, 0.05) is 32.2 Å². The second-order valence-electron chi connectivity index (χ2n) is 6.82. The fourth-order valence-electron chi connectivity index (χ4n) is 3.58. The number of benzene rings is 1. The first-order valence-electron chi connectivity index (χ1n) is 9.34. The zero-order valence-electron chi connectivity index (χ0n) is 16.0. The van der Waals surface area contributed by atoms with Crippen LogP contribution in [0.3, 0.4) is 0 Å². The minimum atomic E-state index is -0.476. The normalized spacial score (nSPS) is 21.6. The molecule has 9 nitrogen and oxygen atoms in total. The Morgan fingerprint density at radius 2 is 1.79 bits per heavy atom. The lowest BCUT2D eigenvalue weighted by atomic mass is 10.1. The maximum atomic E-state index is 12.4. The molecule has 2 heterocycles.